The van der Waals surface area contributed by atoms with Crippen molar-refractivity contribution < 1.29 is 4.79 Å². The number of nitrogens with one attached hydrogen (secondary N) is 1. The Kier molecular flexibility index (Phi) is 4.37. The van der Waals surface area contributed by atoms with E-state index in [2.05, 4.69) is 19.2 Å². The van der Waals surface area contributed by atoms with Crippen LogP contribution in [0.3, 0.4) is 0 Å². The normalized spacial score (nSPS) is 20.2. The van der Waals surface area contributed by atoms with E-state index in [9.17, 15) is 4.79 Å². The second kappa shape index (κ2) is 6.01. The maximum Gasteiger partial charge on any atom is 0.254 e. The molecule has 1 saturated heterocycles. The molecule has 0 saturated carbocycles. The van der Waals surface area contributed by atoms with Gasteiger partial charge in [0.15, 0.2) is 0 Å². The van der Waals surface area contributed by atoms with E-state index in [-0.39, 0.29) is 5.91 Å². The van der Waals surface area contributed by atoms with Gasteiger partial charge in [-0.2, -0.15) is 0 Å². The summed E-state index contributed by atoms with van der Waals surface area (Å²) >= 11 is 0. The molecule has 3 heteroatoms. The lowest BCUT2D eigenvalue weighted by Crippen LogP contribution is -2.54. The Morgan fingerprint density at radius 3 is 2.78 bits per heavy atom. The summed E-state index contributed by atoms with van der Waals surface area (Å²) < 4.78 is 0. The van der Waals surface area contributed by atoms with Gasteiger partial charge in [0, 0.05) is 31.2 Å². The summed E-state index contributed by atoms with van der Waals surface area (Å²) in [5, 5.41) is 3.38. The van der Waals surface area contributed by atoms with Gasteiger partial charge in [0.1, 0.15) is 0 Å². The molecule has 0 spiro atoms. The molecule has 1 N–H and O–H groups in total. The Morgan fingerprint density at radius 1 is 1.39 bits per heavy atom. The third-order valence-electron chi connectivity index (χ3n) is 3.38. The molecule has 98 valence electrons. The average Bonchev–Trinajstić information content (AvgIpc) is 2.39. The van der Waals surface area contributed by atoms with Crippen LogP contribution in [-0.2, 0) is 0 Å². The van der Waals surface area contributed by atoms with Crippen molar-refractivity contribution in [2.45, 2.75) is 26.3 Å². The number of carbonyl (C=O) groups is 1. The van der Waals surface area contributed by atoms with Crippen LogP contribution in [0.1, 0.15) is 30.6 Å². The van der Waals surface area contributed by atoms with E-state index in [4.69, 9.17) is 0 Å². The molecule has 1 aliphatic heterocycles. The standard InChI is InChI=1S/C15H22N2O/c1-12(2)10-14-11-16-8-9-17(14)15(18)13-6-4-3-5-7-13/h3-7,12,14,16H,8-11H2,1-2H3. The van der Waals surface area contributed by atoms with E-state index >= 15 is 0 Å². The van der Waals surface area contributed by atoms with E-state index < -0.39 is 0 Å². The number of piperazine rings is 1. The van der Waals surface area contributed by atoms with E-state index in [1.807, 2.05) is 35.2 Å². The van der Waals surface area contributed by atoms with E-state index in [0.29, 0.717) is 12.0 Å². The predicted molar refractivity (Wildman–Crippen MR) is 73.6 cm³/mol. The van der Waals surface area contributed by atoms with Gasteiger partial charge in [-0.25, -0.2) is 0 Å². The van der Waals surface area contributed by atoms with Crippen LogP contribution >= 0.6 is 0 Å². The molecule has 1 atom stereocenters. The first kappa shape index (κ1) is 13.1. The third-order valence-corrected chi connectivity index (χ3v) is 3.38. The third kappa shape index (κ3) is 3.10. The van der Waals surface area contributed by atoms with Crippen molar-refractivity contribution in [3.63, 3.8) is 0 Å². The lowest BCUT2D eigenvalue weighted by Gasteiger charge is -2.37. The molecule has 0 radical (unpaired) electrons. The highest BCUT2D eigenvalue weighted by Crippen LogP contribution is 2.16. The van der Waals surface area contributed by atoms with Gasteiger partial charge in [0.05, 0.1) is 0 Å². The largest absolute Gasteiger partial charge is 0.333 e. The van der Waals surface area contributed by atoms with Gasteiger partial charge >= 0.3 is 0 Å². The van der Waals surface area contributed by atoms with Gasteiger partial charge in [0.25, 0.3) is 5.91 Å². The summed E-state index contributed by atoms with van der Waals surface area (Å²) in [5.41, 5.74) is 0.799. The summed E-state index contributed by atoms with van der Waals surface area (Å²) in [4.78, 5) is 14.5. The summed E-state index contributed by atoms with van der Waals surface area (Å²) in [6.45, 7) is 7.04. The molecule has 0 aromatic heterocycles. The number of amides is 1. The van der Waals surface area contributed by atoms with Crippen molar-refractivity contribution in [1.29, 1.82) is 0 Å². The molecule has 1 aromatic rings. The van der Waals surface area contributed by atoms with E-state index in [1.54, 1.807) is 0 Å². The van der Waals surface area contributed by atoms with Gasteiger partial charge in [-0.1, -0.05) is 32.0 Å². The van der Waals surface area contributed by atoms with Crippen molar-refractivity contribution >= 4 is 5.91 Å². The van der Waals surface area contributed by atoms with Crippen LogP contribution in [0.25, 0.3) is 0 Å². The minimum absolute atomic E-state index is 0.169. The van der Waals surface area contributed by atoms with E-state index in [0.717, 1.165) is 31.6 Å². The van der Waals surface area contributed by atoms with Crippen LogP contribution in [0.2, 0.25) is 0 Å². The number of nitrogens with zero attached hydrogens (tertiary/aromatic N) is 1. The van der Waals surface area contributed by atoms with Gasteiger partial charge in [-0.15, -0.1) is 0 Å². The van der Waals surface area contributed by atoms with Crippen LogP contribution < -0.4 is 5.32 Å². The first-order valence-corrected chi connectivity index (χ1v) is 6.75. The number of hydrogen-bond donors (Lipinski definition) is 1. The first-order chi connectivity index (χ1) is 8.68. The van der Waals surface area contributed by atoms with Crippen molar-refractivity contribution in [2.75, 3.05) is 19.6 Å². The predicted octanol–water partition coefficient (Wildman–Crippen LogP) is 2.15. The lowest BCUT2D eigenvalue weighted by atomic mass is 10.00. The monoisotopic (exact) mass is 246 g/mol. The zero-order valence-corrected chi connectivity index (χ0v) is 11.2. The smallest absolute Gasteiger partial charge is 0.254 e. The van der Waals surface area contributed by atoms with Crippen LogP contribution in [0.15, 0.2) is 30.3 Å². The zero-order valence-electron chi connectivity index (χ0n) is 11.2. The molecule has 1 heterocycles. The van der Waals surface area contributed by atoms with Crippen molar-refractivity contribution in [1.82, 2.24) is 10.2 Å². The average molecular weight is 246 g/mol. The fourth-order valence-electron chi connectivity index (χ4n) is 2.53. The second-order valence-corrected chi connectivity index (χ2v) is 5.35. The lowest BCUT2D eigenvalue weighted by molar-refractivity contribution is 0.0610. The number of carbonyl (C=O) groups excluding carboxylic acids is 1. The molecule has 18 heavy (non-hydrogen) atoms. The Labute approximate surface area is 109 Å². The number of rotatable bonds is 3. The van der Waals surface area contributed by atoms with Crippen LogP contribution in [-0.4, -0.2) is 36.5 Å². The van der Waals surface area contributed by atoms with Crippen LogP contribution in [0, 0.1) is 5.92 Å². The van der Waals surface area contributed by atoms with Gasteiger partial charge in [0.2, 0.25) is 0 Å². The van der Waals surface area contributed by atoms with Gasteiger partial charge < -0.3 is 10.2 Å². The minimum Gasteiger partial charge on any atom is -0.333 e. The van der Waals surface area contributed by atoms with E-state index in [1.165, 1.54) is 0 Å². The van der Waals surface area contributed by atoms with Gasteiger partial charge in [-0.3, -0.25) is 4.79 Å². The molecular weight excluding hydrogens is 224 g/mol. The second-order valence-electron chi connectivity index (χ2n) is 5.35. The molecule has 1 aliphatic rings. The molecule has 2 rings (SSSR count). The minimum atomic E-state index is 0.169. The fraction of sp³-hybridized carbons (Fsp3) is 0.533. The summed E-state index contributed by atoms with van der Waals surface area (Å²) in [6.07, 6.45) is 1.06. The van der Waals surface area contributed by atoms with Crippen LogP contribution in [0.4, 0.5) is 0 Å². The highest BCUT2D eigenvalue weighted by molar-refractivity contribution is 5.94. The Balaban J connectivity index is 2.11. The summed E-state index contributed by atoms with van der Waals surface area (Å²) in [5.74, 6) is 0.781. The molecular formula is C15H22N2O. The molecule has 1 amide bonds. The maximum atomic E-state index is 12.5. The fourth-order valence-corrected chi connectivity index (χ4v) is 2.53. The zero-order chi connectivity index (χ0) is 13.0. The van der Waals surface area contributed by atoms with Crippen molar-refractivity contribution in [3.05, 3.63) is 35.9 Å². The topological polar surface area (TPSA) is 32.3 Å². The first-order valence-electron chi connectivity index (χ1n) is 6.75. The molecule has 1 aromatic carbocycles. The molecule has 1 unspecified atom stereocenters. The highest BCUT2D eigenvalue weighted by Gasteiger charge is 2.27. The SMILES string of the molecule is CC(C)CC1CNCCN1C(=O)c1ccccc1. The summed E-state index contributed by atoms with van der Waals surface area (Å²) in [6, 6.07) is 9.92. The van der Waals surface area contributed by atoms with Gasteiger partial charge in [-0.05, 0) is 24.5 Å². The van der Waals surface area contributed by atoms with Crippen LogP contribution in [0.5, 0.6) is 0 Å². The molecule has 0 bridgehead atoms. The number of benzene rings is 1. The Morgan fingerprint density at radius 2 is 2.11 bits per heavy atom. The Hall–Kier alpha value is -1.35. The van der Waals surface area contributed by atoms with Crippen molar-refractivity contribution in [2.24, 2.45) is 5.92 Å². The molecule has 1 fully saturated rings. The Bertz CT molecular complexity index is 389. The molecule has 0 aliphatic carbocycles. The number of hydrogen-bond acceptors (Lipinski definition) is 2. The molecule has 3 nitrogen and oxygen atoms in total. The maximum absolute atomic E-state index is 12.5. The summed E-state index contributed by atoms with van der Waals surface area (Å²) in [7, 11) is 0. The highest BCUT2D eigenvalue weighted by atomic mass is 16.2. The van der Waals surface area contributed by atoms with Crippen molar-refractivity contribution in [3.8, 4) is 0 Å². The quantitative estimate of drug-likeness (QED) is 0.886.